The van der Waals surface area contributed by atoms with Gasteiger partial charge in [-0.2, -0.15) is 0 Å². The van der Waals surface area contributed by atoms with Gasteiger partial charge in [0.1, 0.15) is 5.75 Å². The summed E-state index contributed by atoms with van der Waals surface area (Å²) in [5.74, 6) is 0.707. The standard InChI is InChI=1S/C8H10BBrO3/c1-2-13-6-3-4-7(9(11)12)8(10)5-6/h3-5,11-12H,2H2,1H3. The van der Waals surface area contributed by atoms with Gasteiger partial charge in [0.25, 0.3) is 0 Å². The molecule has 1 aromatic carbocycles. The van der Waals surface area contributed by atoms with E-state index in [1.165, 1.54) is 0 Å². The van der Waals surface area contributed by atoms with Crippen molar-refractivity contribution < 1.29 is 14.8 Å². The van der Waals surface area contributed by atoms with Crippen molar-refractivity contribution in [1.82, 2.24) is 0 Å². The zero-order valence-corrected chi connectivity index (χ0v) is 8.78. The second-order valence-electron chi connectivity index (χ2n) is 2.49. The molecule has 5 heteroatoms. The van der Waals surface area contributed by atoms with Crippen LogP contribution in [0.3, 0.4) is 0 Å². The fourth-order valence-corrected chi connectivity index (χ4v) is 1.54. The molecule has 13 heavy (non-hydrogen) atoms. The zero-order valence-electron chi connectivity index (χ0n) is 7.20. The largest absolute Gasteiger partial charge is 0.494 e. The molecule has 0 bridgehead atoms. The number of rotatable bonds is 3. The van der Waals surface area contributed by atoms with Gasteiger partial charge >= 0.3 is 7.12 Å². The van der Waals surface area contributed by atoms with E-state index in [1.807, 2.05) is 6.92 Å². The molecular formula is C8H10BBrO3. The molecule has 0 radical (unpaired) electrons. The van der Waals surface area contributed by atoms with Crippen molar-refractivity contribution in [3.05, 3.63) is 22.7 Å². The number of benzene rings is 1. The van der Waals surface area contributed by atoms with E-state index in [-0.39, 0.29) is 0 Å². The van der Waals surface area contributed by atoms with Gasteiger partial charge in [-0.05, 0) is 24.5 Å². The third-order valence-corrected chi connectivity index (χ3v) is 2.25. The fourth-order valence-electron chi connectivity index (χ4n) is 0.974. The van der Waals surface area contributed by atoms with E-state index in [1.54, 1.807) is 18.2 Å². The van der Waals surface area contributed by atoms with Crippen LogP contribution in [0.15, 0.2) is 22.7 Å². The summed E-state index contributed by atoms with van der Waals surface area (Å²) in [5.41, 5.74) is 0.434. The highest BCUT2D eigenvalue weighted by Gasteiger charge is 2.14. The maximum atomic E-state index is 8.91. The van der Waals surface area contributed by atoms with Gasteiger partial charge in [-0.1, -0.05) is 22.0 Å². The Hall–Kier alpha value is -0.515. The first kappa shape index (κ1) is 10.6. The third kappa shape index (κ3) is 2.72. The zero-order chi connectivity index (χ0) is 9.84. The van der Waals surface area contributed by atoms with Crippen LogP contribution in [-0.2, 0) is 0 Å². The summed E-state index contributed by atoms with van der Waals surface area (Å²) in [5, 5.41) is 17.8. The van der Waals surface area contributed by atoms with Gasteiger partial charge in [0, 0.05) is 4.47 Å². The number of hydrogen-bond acceptors (Lipinski definition) is 3. The molecule has 0 fully saturated rings. The lowest BCUT2D eigenvalue weighted by Gasteiger charge is -2.06. The first-order valence-corrected chi connectivity index (χ1v) is 4.72. The average Bonchev–Trinajstić information content (AvgIpc) is 2.04. The molecule has 3 nitrogen and oxygen atoms in total. The van der Waals surface area contributed by atoms with Crippen molar-refractivity contribution in [3.63, 3.8) is 0 Å². The summed E-state index contributed by atoms with van der Waals surface area (Å²) in [4.78, 5) is 0. The van der Waals surface area contributed by atoms with E-state index in [4.69, 9.17) is 14.8 Å². The van der Waals surface area contributed by atoms with Crippen molar-refractivity contribution in [2.75, 3.05) is 6.61 Å². The molecule has 0 aliphatic rings. The summed E-state index contributed by atoms with van der Waals surface area (Å²) >= 11 is 3.22. The predicted octanol–water partition coefficient (Wildman–Crippen LogP) is 0.528. The van der Waals surface area contributed by atoms with Gasteiger partial charge in [0.05, 0.1) is 6.61 Å². The normalized spacial score (nSPS) is 9.85. The molecule has 0 aliphatic heterocycles. The van der Waals surface area contributed by atoms with E-state index in [0.29, 0.717) is 22.3 Å². The van der Waals surface area contributed by atoms with E-state index in [9.17, 15) is 0 Å². The average molecular weight is 245 g/mol. The molecule has 0 saturated carbocycles. The van der Waals surface area contributed by atoms with Crippen LogP contribution in [0.1, 0.15) is 6.92 Å². The SMILES string of the molecule is CCOc1ccc(B(O)O)c(Br)c1. The summed E-state index contributed by atoms with van der Waals surface area (Å²) in [6.45, 7) is 2.48. The Kier molecular flexibility index (Phi) is 3.78. The summed E-state index contributed by atoms with van der Waals surface area (Å²) < 4.78 is 5.86. The molecule has 0 amide bonds. The van der Waals surface area contributed by atoms with E-state index in [2.05, 4.69) is 15.9 Å². The Labute approximate surface area is 85.6 Å². The Morgan fingerprint density at radius 2 is 2.15 bits per heavy atom. The van der Waals surface area contributed by atoms with Gasteiger partial charge in [0.15, 0.2) is 0 Å². The van der Waals surface area contributed by atoms with Gasteiger partial charge in [0.2, 0.25) is 0 Å². The molecule has 1 rings (SSSR count). The topological polar surface area (TPSA) is 49.7 Å². The highest BCUT2D eigenvalue weighted by atomic mass is 79.9. The molecule has 1 aromatic rings. The van der Waals surface area contributed by atoms with Crippen molar-refractivity contribution in [1.29, 1.82) is 0 Å². The number of hydrogen-bond donors (Lipinski definition) is 2. The number of ether oxygens (including phenoxy) is 1. The van der Waals surface area contributed by atoms with Crippen LogP contribution in [0, 0.1) is 0 Å². The van der Waals surface area contributed by atoms with Crippen molar-refractivity contribution in [3.8, 4) is 5.75 Å². The van der Waals surface area contributed by atoms with Crippen molar-refractivity contribution in [2.24, 2.45) is 0 Å². The smallest absolute Gasteiger partial charge is 0.489 e. The predicted molar refractivity (Wildman–Crippen MR) is 55.1 cm³/mol. The van der Waals surface area contributed by atoms with Crippen LogP contribution in [0.2, 0.25) is 0 Å². The third-order valence-electron chi connectivity index (χ3n) is 1.56. The molecule has 0 heterocycles. The molecule has 0 atom stereocenters. The van der Waals surface area contributed by atoms with Crippen LogP contribution >= 0.6 is 15.9 Å². The minimum atomic E-state index is -1.45. The van der Waals surface area contributed by atoms with Gasteiger partial charge in [-0.3, -0.25) is 0 Å². The first-order valence-electron chi connectivity index (χ1n) is 3.93. The lowest BCUT2D eigenvalue weighted by Crippen LogP contribution is -2.30. The molecule has 0 unspecified atom stereocenters. The lowest BCUT2D eigenvalue weighted by molar-refractivity contribution is 0.340. The first-order chi connectivity index (χ1) is 6.15. The summed E-state index contributed by atoms with van der Waals surface area (Å²) in [6.07, 6.45) is 0. The van der Waals surface area contributed by atoms with Gasteiger partial charge < -0.3 is 14.8 Å². The Balaban J connectivity index is 2.92. The number of halogens is 1. The van der Waals surface area contributed by atoms with E-state index in [0.717, 1.165) is 0 Å². The van der Waals surface area contributed by atoms with Gasteiger partial charge in [-0.15, -0.1) is 0 Å². The van der Waals surface area contributed by atoms with Crippen molar-refractivity contribution >= 4 is 28.5 Å². The maximum absolute atomic E-state index is 8.91. The molecule has 0 aromatic heterocycles. The van der Waals surface area contributed by atoms with Gasteiger partial charge in [-0.25, -0.2) is 0 Å². The Bertz CT molecular complexity index is 291. The fraction of sp³-hybridized carbons (Fsp3) is 0.250. The van der Waals surface area contributed by atoms with Crippen LogP contribution < -0.4 is 10.2 Å². The van der Waals surface area contributed by atoms with Crippen LogP contribution in [0.4, 0.5) is 0 Å². The Morgan fingerprint density at radius 1 is 1.46 bits per heavy atom. The highest BCUT2D eigenvalue weighted by molar-refractivity contribution is 9.10. The van der Waals surface area contributed by atoms with E-state index < -0.39 is 7.12 Å². The molecule has 0 spiro atoms. The summed E-state index contributed by atoms with van der Waals surface area (Å²) in [6, 6.07) is 5.01. The second-order valence-corrected chi connectivity index (χ2v) is 3.34. The minimum Gasteiger partial charge on any atom is -0.494 e. The molecule has 0 aliphatic carbocycles. The second kappa shape index (κ2) is 4.65. The minimum absolute atomic E-state index is 0.434. The highest BCUT2D eigenvalue weighted by Crippen LogP contribution is 2.16. The maximum Gasteiger partial charge on any atom is 0.489 e. The molecular weight excluding hydrogens is 235 g/mol. The molecule has 70 valence electrons. The molecule has 0 saturated heterocycles. The quantitative estimate of drug-likeness (QED) is 0.763. The van der Waals surface area contributed by atoms with E-state index >= 15 is 0 Å². The van der Waals surface area contributed by atoms with Crippen LogP contribution in [0.5, 0.6) is 5.75 Å². The lowest BCUT2D eigenvalue weighted by atomic mass is 9.80. The monoisotopic (exact) mass is 244 g/mol. The van der Waals surface area contributed by atoms with Crippen molar-refractivity contribution in [2.45, 2.75) is 6.92 Å². The molecule has 2 N–H and O–H groups in total. The van der Waals surface area contributed by atoms with Crippen LogP contribution in [-0.4, -0.2) is 23.8 Å². The Morgan fingerprint density at radius 3 is 2.62 bits per heavy atom. The van der Waals surface area contributed by atoms with Crippen LogP contribution in [0.25, 0.3) is 0 Å². The summed E-state index contributed by atoms with van der Waals surface area (Å²) in [7, 11) is -1.45.